The number of anilines is 2. The Morgan fingerprint density at radius 1 is 1.13 bits per heavy atom. The molecule has 0 aliphatic carbocycles. The van der Waals surface area contributed by atoms with Crippen LogP contribution in [-0.2, 0) is 26.8 Å². The summed E-state index contributed by atoms with van der Waals surface area (Å²) < 4.78 is 43.0. The summed E-state index contributed by atoms with van der Waals surface area (Å²) >= 11 is 0. The molecule has 6 N–H and O–H groups in total. The van der Waals surface area contributed by atoms with Gasteiger partial charge >= 0.3 is 0 Å². The number of nitrogens with zero attached hydrogens (tertiary/aromatic N) is 2. The molecule has 18 nitrogen and oxygen atoms in total. The van der Waals surface area contributed by atoms with Gasteiger partial charge < -0.3 is 49.9 Å². The van der Waals surface area contributed by atoms with Crippen LogP contribution in [0, 0.1) is 0 Å². The zero-order chi connectivity index (χ0) is 22.9. The van der Waals surface area contributed by atoms with Crippen LogP contribution >= 0.6 is 23.5 Å². The van der Waals surface area contributed by atoms with E-state index in [0.717, 1.165) is 0 Å². The number of hydrogen-bond donors (Lipinski definition) is 5. The highest BCUT2D eigenvalue weighted by Crippen LogP contribution is 2.60. The van der Waals surface area contributed by atoms with Crippen LogP contribution in [-0.4, -0.2) is 51.3 Å². The van der Waals surface area contributed by atoms with E-state index < -0.39 is 47.8 Å². The van der Waals surface area contributed by atoms with Gasteiger partial charge in [-0.2, -0.15) is 4.98 Å². The van der Waals surface area contributed by atoms with Crippen molar-refractivity contribution < 1.29 is 56.6 Å². The van der Waals surface area contributed by atoms with Crippen LogP contribution in [0.4, 0.5) is 17.5 Å². The number of rotatable bonds is 9. The lowest BCUT2D eigenvalue weighted by Crippen LogP contribution is -2.41. The first-order valence-electron chi connectivity index (χ1n) is 7.37. The predicted molar refractivity (Wildman–Crippen MR) is 87.8 cm³/mol. The Morgan fingerprint density at radius 2 is 1.77 bits per heavy atom. The molecular formula is C9H12N5O13P3-4. The first-order valence-corrected chi connectivity index (χ1v) is 11.8. The highest BCUT2D eigenvalue weighted by Gasteiger charge is 2.29. The van der Waals surface area contributed by atoms with Gasteiger partial charge in [-0.15, -0.1) is 0 Å². The number of aliphatic imine (C=N–C) groups is 1. The fourth-order valence-electron chi connectivity index (χ4n) is 2.00. The van der Waals surface area contributed by atoms with Crippen LogP contribution in [0.15, 0.2) is 9.79 Å². The van der Waals surface area contributed by atoms with Gasteiger partial charge in [0, 0.05) is 0 Å². The second kappa shape index (κ2) is 8.92. The van der Waals surface area contributed by atoms with Gasteiger partial charge in [0.15, 0.2) is 11.5 Å². The number of aliphatic hydroxyl groups excluding tert-OH is 2. The second-order valence-corrected chi connectivity index (χ2v) is 9.67. The van der Waals surface area contributed by atoms with Crippen molar-refractivity contribution in [3.8, 4) is 0 Å². The molecule has 0 saturated heterocycles. The lowest BCUT2D eigenvalue weighted by molar-refractivity contribution is -0.339. The highest BCUT2D eigenvalue weighted by atomic mass is 31.3. The first kappa shape index (κ1) is 24.7. The summed E-state index contributed by atoms with van der Waals surface area (Å²) in [6, 6.07) is 0. The normalized spacial score (nSPS) is 20.1. The van der Waals surface area contributed by atoms with E-state index in [4.69, 9.17) is 5.73 Å². The molecule has 30 heavy (non-hydrogen) atoms. The van der Waals surface area contributed by atoms with Crippen LogP contribution in [0.2, 0.25) is 0 Å². The van der Waals surface area contributed by atoms with E-state index >= 15 is 0 Å². The van der Waals surface area contributed by atoms with Gasteiger partial charge in [0.1, 0.15) is 12.2 Å². The molecule has 0 amide bonds. The van der Waals surface area contributed by atoms with Crippen molar-refractivity contribution in [3.05, 3.63) is 10.4 Å². The molecule has 0 aromatic carbocycles. The van der Waals surface area contributed by atoms with Crippen LogP contribution in [0.3, 0.4) is 0 Å². The van der Waals surface area contributed by atoms with Crippen LogP contribution < -0.4 is 36.2 Å². The molecular weight excluding hydrogens is 479 g/mol. The minimum atomic E-state index is -6.16. The Bertz CT molecular complexity index is 1040. The number of nitrogens with two attached hydrogens (primary N) is 1. The third-order valence-electron chi connectivity index (χ3n) is 3.11. The summed E-state index contributed by atoms with van der Waals surface area (Å²) in [7, 11) is -18.2. The molecule has 0 bridgehead atoms. The van der Waals surface area contributed by atoms with Gasteiger partial charge in [0.25, 0.3) is 21.2 Å². The van der Waals surface area contributed by atoms with E-state index in [1.54, 1.807) is 0 Å². The maximum absolute atomic E-state index is 11.8. The van der Waals surface area contributed by atoms with Gasteiger partial charge in [-0.05, 0) is 0 Å². The smallest absolute Gasteiger partial charge is 0.280 e. The van der Waals surface area contributed by atoms with Crippen molar-refractivity contribution in [3.63, 3.8) is 0 Å². The van der Waals surface area contributed by atoms with Gasteiger partial charge in [-0.3, -0.25) is 23.2 Å². The number of nitrogens with one attached hydrogen (secondary N) is 2. The van der Waals surface area contributed by atoms with Gasteiger partial charge in [0.05, 0.1) is 26.7 Å². The summed E-state index contributed by atoms with van der Waals surface area (Å²) in [6.45, 7) is -1.55. The number of nitrogen functional groups attached to an aromatic ring is 1. The molecule has 1 aromatic rings. The number of phosphoric ester groups is 1. The molecule has 1 aromatic heterocycles. The minimum Gasteiger partial charge on any atom is -0.790 e. The number of phosphoric acid groups is 3. The summed E-state index contributed by atoms with van der Waals surface area (Å²) in [5, 5.41) is 22.5. The average molecular weight is 491 g/mol. The molecule has 0 spiro atoms. The van der Waals surface area contributed by atoms with Crippen LogP contribution in [0.5, 0.6) is 0 Å². The summed E-state index contributed by atoms with van der Waals surface area (Å²) in [4.78, 5) is 64.4. The van der Waals surface area contributed by atoms with E-state index in [-0.39, 0.29) is 29.7 Å². The maximum Gasteiger partial charge on any atom is 0.280 e. The number of aromatic nitrogens is 2. The zero-order valence-corrected chi connectivity index (χ0v) is 17.0. The second-order valence-electron chi connectivity index (χ2n) is 5.42. The monoisotopic (exact) mass is 491 g/mol. The SMILES string of the molecule is Nc1nc2c(c(=O)[nH]1)N=C(C(O)C(O)COP(=O)([O-])OP(=O)([O-])OP(=O)([O-])[O-])CN2. The van der Waals surface area contributed by atoms with E-state index in [1.165, 1.54) is 0 Å². The third kappa shape index (κ3) is 7.02. The molecule has 0 fully saturated rings. The fourth-order valence-corrected chi connectivity index (χ4v) is 4.87. The Hall–Kier alpha value is -1.52. The topological polar surface area (TPSA) is 308 Å². The number of H-pyrrole nitrogens is 1. The standard InChI is InChI=1S/C9H16N5O13P3/c10-9-13-7-5(8(17)14-9)12-3(1-11-7)6(16)4(15)2-25-29(21,22)27-30(23,24)26-28(18,19)20/h4,6,15-16H,1-2H2,(H,21,22)(H,23,24)(H2,18,19,20)(H4,10,11,13,14,17)/p-4. The number of aliphatic hydroxyl groups is 2. The average Bonchev–Trinajstić information content (AvgIpc) is 2.55. The molecule has 21 heteroatoms. The maximum atomic E-state index is 11.8. The largest absolute Gasteiger partial charge is 0.790 e. The van der Waals surface area contributed by atoms with Gasteiger partial charge in [-0.1, -0.05) is 0 Å². The molecule has 1 aliphatic heterocycles. The Balaban J connectivity index is 2.04. The molecule has 0 saturated carbocycles. The number of hydrogen-bond acceptors (Lipinski definition) is 17. The first-order chi connectivity index (χ1) is 13.6. The Labute approximate surface area is 165 Å². The van der Waals surface area contributed by atoms with Crippen molar-refractivity contribution in [1.82, 2.24) is 9.97 Å². The Morgan fingerprint density at radius 3 is 2.37 bits per heavy atom. The zero-order valence-electron chi connectivity index (χ0n) is 14.3. The minimum absolute atomic E-state index is 0.0179. The molecule has 1 aliphatic rings. The van der Waals surface area contributed by atoms with Crippen molar-refractivity contribution in [1.29, 1.82) is 0 Å². The van der Waals surface area contributed by atoms with Crippen molar-refractivity contribution in [2.75, 3.05) is 24.2 Å². The molecule has 4 atom stereocenters. The highest BCUT2D eigenvalue weighted by molar-refractivity contribution is 7.64. The van der Waals surface area contributed by atoms with Crippen molar-refractivity contribution >= 4 is 46.6 Å². The quantitative estimate of drug-likeness (QED) is 0.203. The molecule has 4 unspecified atom stereocenters. The lowest BCUT2D eigenvalue weighted by atomic mass is 10.1. The molecule has 170 valence electrons. The van der Waals surface area contributed by atoms with E-state index in [0.29, 0.717) is 0 Å². The molecule has 0 radical (unpaired) electrons. The van der Waals surface area contributed by atoms with Gasteiger partial charge in [-0.25, -0.2) is 9.30 Å². The van der Waals surface area contributed by atoms with Crippen LogP contribution in [0.1, 0.15) is 0 Å². The van der Waals surface area contributed by atoms with Gasteiger partial charge in [0.2, 0.25) is 5.95 Å². The van der Waals surface area contributed by atoms with E-state index in [2.05, 4.69) is 33.4 Å². The predicted octanol–water partition coefficient (Wildman–Crippen LogP) is -4.61. The lowest BCUT2D eigenvalue weighted by Gasteiger charge is -2.37. The summed E-state index contributed by atoms with van der Waals surface area (Å²) in [5.41, 5.74) is 4.03. The summed E-state index contributed by atoms with van der Waals surface area (Å²) in [5.74, 6) is -0.231. The Kier molecular flexibility index (Phi) is 7.36. The van der Waals surface area contributed by atoms with E-state index in [9.17, 15) is 48.3 Å². The summed E-state index contributed by atoms with van der Waals surface area (Å²) in [6.07, 6.45) is -3.96. The molecule has 2 rings (SSSR count). The van der Waals surface area contributed by atoms with Crippen molar-refractivity contribution in [2.45, 2.75) is 12.2 Å². The van der Waals surface area contributed by atoms with E-state index in [1.807, 2.05) is 0 Å². The fraction of sp³-hybridized carbons (Fsp3) is 0.444. The number of aromatic amines is 1. The molecule has 2 heterocycles. The number of fused-ring (bicyclic) bond motifs is 1. The third-order valence-corrected chi connectivity index (χ3v) is 6.78. The van der Waals surface area contributed by atoms with Crippen LogP contribution in [0.25, 0.3) is 0 Å². The van der Waals surface area contributed by atoms with Crippen molar-refractivity contribution in [2.24, 2.45) is 4.99 Å².